The van der Waals surface area contributed by atoms with Crippen LogP contribution >= 0.6 is 0 Å². The van der Waals surface area contributed by atoms with Crippen LogP contribution in [0.25, 0.3) is 0 Å². The number of aliphatic hydroxyl groups excluding tert-OH is 1. The summed E-state index contributed by atoms with van der Waals surface area (Å²) in [5.74, 6) is -6.65. The summed E-state index contributed by atoms with van der Waals surface area (Å²) in [7, 11) is 0. The van der Waals surface area contributed by atoms with Crippen molar-refractivity contribution < 1.29 is 49.8 Å². The number of hydrogen-bond donors (Lipinski definition) is 3. The predicted molar refractivity (Wildman–Crippen MR) is 124 cm³/mol. The molecule has 0 bridgehead atoms. The zero-order chi connectivity index (χ0) is 28.8. The molecule has 0 aliphatic rings. The Kier molecular flexibility index (Phi) is 9.05. The second-order valence-corrected chi connectivity index (χ2v) is 8.54. The van der Waals surface area contributed by atoms with Gasteiger partial charge in [-0.15, -0.1) is 0 Å². The van der Waals surface area contributed by atoms with Gasteiger partial charge in [0, 0.05) is 12.5 Å². The molecule has 0 aromatic heterocycles. The number of aliphatic hydroxyl groups is 1. The molecule has 3 aromatic carbocycles. The lowest BCUT2D eigenvalue weighted by molar-refractivity contribution is -0.253. The predicted octanol–water partition coefficient (Wildman–Crippen LogP) is 5.61. The summed E-state index contributed by atoms with van der Waals surface area (Å²) in [6.45, 7) is -2.89. The van der Waals surface area contributed by atoms with E-state index in [1.165, 1.54) is 12.1 Å². The zero-order valence-electron chi connectivity index (χ0n) is 19.9. The van der Waals surface area contributed by atoms with E-state index in [4.69, 9.17) is 5.11 Å². The maximum absolute atomic E-state index is 14.7. The first-order chi connectivity index (χ1) is 18.3. The maximum atomic E-state index is 14.7. The average molecular weight is 562 g/mol. The highest BCUT2D eigenvalue weighted by Crippen LogP contribution is 2.38. The molecule has 0 fully saturated rings. The normalized spacial score (nSPS) is 13.6. The Morgan fingerprint density at radius 2 is 1.51 bits per heavy atom. The highest BCUT2D eigenvalue weighted by Gasteiger charge is 2.45. The minimum Gasteiger partial charge on any atom is -0.428 e. The lowest BCUT2D eigenvalue weighted by atomic mass is 9.77. The summed E-state index contributed by atoms with van der Waals surface area (Å²) >= 11 is 0. The van der Waals surface area contributed by atoms with Gasteiger partial charge in [-0.05, 0) is 41.0 Å². The quantitative estimate of drug-likeness (QED) is 0.266. The summed E-state index contributed by atoms with van der Waals surface area (Å²) in [6, 6.07) is 13.1. The standard InChI is InChI=1S/C26H22F8N2O3/c27-19-8-6-17(7-9-19)25(13-16-4-2-1-3-5-16,36-23(38)35-14-24(31,32)15-37)18-10-20(28)12-21(11-18)39-26(33,34)22(29)30/h1-12,22,37H,13-15H2,(H2,35,36,38). The van der Waals surface area contributed by atoms with Crippen LogP contribution in [0.2, 0.25) is 0 Å². The van der Waals surface area contributed by atoms with Crippen LogP contribution in [0.4, 0.5) is 39.9 Å². The second kappa shape index (κ2) is 11.9. The molecule has 2 amide bonds. The Morgan fingerprint density at radius 3 is 2.10 bits per heavy atom. The van der Waals surface area contributed by atoms with E-state index in [0.717, 1.165) is 24.3 Å². The van der Waals surface area contributed by atoms with E-state index in [1.54, 1.807) is 30.3 Å². The van der Waals surface area contributed by atoms with Crippen molar-refractivity contribution in [1.82, 2.24) is 10.6 Å². The van der Waals surface area contributed by atoms with Crippen molar-refractivity contribution >= 4 is 6.03 Å². The molecule has 0 saturated heterocycles. The van der Waals surface area contributed by atoms with Gasteiger partial charge in [0.2, 0.25) is 0 Å². The number of carbonyl (C=O) groups excluding carboxylic acids is 1. The molecular formula is C26H22F8N2O3. The Labute approximate surface area is 217 Å². The number of carbonyl (C=O) groups is 1. The highest BCUT2D eigenvalue weighted by atomic mass is 19.3. The van der Waals surface area contributed by atoms with E-state index in [-0.39, 0.29) is 17.5 Å². The number of ether oxygens (including phenoxy) is 1. The van der Waals surface area contributed by atoms with Crippen molar-refractivity contribution in [2.45, 2.75) is 30.4 Å². The highest BCUT2D eigenvalue weighted by molar-refractivity contribution is 5.76. The summed E-state index contributed by atoms with van der Waals surface area (Å²) in [5, 5.41) is 13.1. The van der Waals surface area contributed by atoms with Crippen molar-refractivity contribution in [1.29, 1.82) is 0 Å². The van der Waals surface area contributed by atoms with Crippen LogP contribution in [0, 0.1) is 11.6 Å². The van der Waals surface area contributed by atoms with Gasteiger partial charge in [0.05, 0.1) is 12.1 Å². The summed E-state index contributed by atoms with van der Waals surface area (Å²) in [5.41, 5.74) is -1.77. The van der Waals surface area contributed by atoms with Crippen molar-refractivity contribution in [2.75, 3.05) is 13.2 Å². The van der Waals surface area contributed by atoms with Gasteiger partial charge in [0.1, 0.15) is 24.0 Å². The SMILES string of the molecule is O=C(NCC(F)(F)CO)NC(Cc1ccccc1)(c1ccc(F)cc1)c1cc(F)cc(OC(F)(F)C(F)F)c1. The van der Waals surface area contributed by atoms with Gasteiger partial charge in [-0.2, -0.15) is 17.6 Å². The molecule has 13 heteroatoms. The molecule has 0 aliphatic heterocycles. The fraction of sp³-hybridized carbons (Fsp3) is 0.269. The number of hydrogen-bond acceptors (Lipinski definition) is 3. The Morgan fingerprint density at radius 1 is 0.872 bits per heavy atom. The van der Waals surface area contributed by atoms with Crippen LogP contribution in [0.1, 0.15) is 16.7 Å². The third kappa shape index (κ3) is 7.59. The van der Waals surface area contributed by atoms with Gasteiger partial charge in [0.15, 0.2) is 0 Å². The molecule has 210 valence electrons. The third-order valence-electron chi connectivity index (χ3n) is 5.59. The first kappa shape index (κ1) is 29.7. The molecule has 3 aromatic rings. The largest absolute Gasteiger partial charge is 0.461 e. The van der Waals surface area contributed by atoms with Crippen molar-refractivity contribution in [3.8, 4) is 5.75 Å². The monoisotopic (exact) mass is 562 g/mol. The van der Waals surface area contributed by atoms with Crippen LogP contribution in [0.5, 0.6) is 5.75 Å². The number of benzene rings is 3. The smallest absolute Gasteiger partial charge is 0.428 e. The van der Waals surface area contributed by atoms with Gasteiger partial charge in [-0.1, -0.05) is 42.5 Å². The van der Waals surface area contributed by atoms with E-state index in [1.807, 2.05) is 5.32 Å². The number of halogens is 8. The van der Waals surface area contributed by atoms with Gasteiger partial charge >= 0.3 is 18.6 Å². The average Bonchev–Trinajstić information content (AvgIpc) is 2.87. The van der Waals surface area contributed by atoms with E-state index in [0.29, 0.717) is 11.6 Å². The van der Waals surface area contributed by atoms with E-state index in [2.05, 4.69) is 10.1 Å². The number of rotatable bonds is 11. The molecule has 0 radical (unpaired) electrons. The summed E-state index contributed by atoms with van der Waals surface area (Å²) in [4.78, 5) is 12.9. The Hall–Kier alpha value is -3.87. The Bertz CT molecular complexity index is 1260. The number of alkyl halides is 6. The molecule has 1 unspecified atom stereocenters. The molecule has 1 atom stereocenters. The molecule has 0 saturated carbocycles. The number of amides is 2. The summed E-state index contributed by atoms with van der Waals surface area (Å²) in [6.07, 6.45) is -9.52. The zero-order valence-corrected chi connectivity index (χ0v) is 19.9. The molecule has 39 heavy (non-hydrogen) atoms. The van der Waals surface area contributed by atoms with Crippen LogP contribution < -0.4 is 15.4 Å². The lowest BCUT2D eigenvalue weighted by Crippen LogP contribution is -2.54. The fourth-order valence-corrected chi connectivity index (χ4v) is 3.77. The van der Waals surface area contributed by atoms with E-state index >= 15 is 0 Å². The fourth-order valence-electron chi connectivity index (χ4n) is 3.77. The topological polar surface area (TPSA) is 70.6 Å². The first-order valence-corrected chi connectivity index (χ1v) is 11.3. The Balaban J connectivity index is 2.20. The molecule has 0 heterocycles. The van der Waals surface area contributed by atoms with Crippen molar-refractivity contribution in [2.24, 2.45) is 0 Å². The van der Waals surface area contributed by atoms with Gasteiger partial charge < -0.3 is 20.5 Å². The van der Waals surface area contributed by atoms with Crippen LogP contribution in [-0.2, 0) is 12.0 Å². The van der Waals surface area contributed by atoms with Gasteiger partial charge in [-0.3, -0.25) is 0 Å². The number of nitrogens with one attached hydrogen (secondary N) is 2. The third-order valence-corrected chi connectivity index (χ3v) is 5.59. The first-order valence-electron chi connectivity index (χ1n) is 11.3. The van der Waals surface area contributed by atoms with E-state index in [9.17, 15) is 39.9 Å². The summed E-state index contributed by atoms with van der Waals surface area (Å²) < 4.78 is 113. The van der Waals surface area contributed by atoms with Crippen LogP contribution in [0.15, 0.2) is 72.8 Å². The van der Waals surface area contributed by atoms with Gasteiger partial charge in [0.25, 0.3) is 5.92 Å². The second-order valence-electron chi connectivity index (χ2n) is 8.54. The van der Waals surface area contributed by atoms with Crippen molar-refractivity contribution in [3.05, 3.63) is 101 Å². The molecular weight excluding hydrogens is 540 g/mol. The minimum atomic E-state index is -5.00. The minimum absolute atomic E-state index is 0.0500. The molecule has 3 N–H and O–H groups in total. The molecule has 0 spiro atoms. The van der Waals surface area contributed by atoms with Crippen molar-refractivity contribution in [3.63, 3.8) is 0 Å². The molecule has 5 nitrogen and oxygen atoms in total. The van der Waals surface area contributed by atoms with Gasteiger partial charge in [-0.25, -0.2) is 22.4 Å². The lowest BCUT2D eigenvalue weighted by Gasteiger charge is -2.37. The number of urea groups is 1. The van der Waals surface area contributed by atoms with Crippen LogP contribution in [-0.4, -0.2) is 42.7 Å². The molecule has 3 rings (SSSR count). The molecule has 0 aliphatic carbocycles. The van der Waals surface area contributed by atoms with Crippen LogP contribution in [0.3, 0.4) is 0 Å². The van der Waals surface area contributed by atoms with E-state index < -0.39 is 60.6 Å². The maximum Gasteiger partial charge on any atom is 0.461 e.